The maximum atomic E-state index is 9.94. The number of thiophene rings is 1. The normalized spacial score (nSPS) is 14.6. The van der Waals surface area contributed by atoms with Gasteiger partial charge in [-0.3, -0.25) is 0 Å². The van der Waals surface area contributed by atoms with Crippen LogP contribution < -0.4 is 14.8 Å². The van der Waals surface area contributed by atoms with Crippen molar-refractivity contribution in [3.05, 3.63) is 46.2 Å². The largest absolute Gasteiger partial charge is 0.454 e. The number of nitrogens with one attached hydrogen (secondary N) is 1. The third-order valence-corrected chi connectivity index (χ3v) is 3.73. The minimum absolute atomic E-state index is 0.295. The molecule has 1 aromatic carbocycles. The van der Waals surface area contributed by atoms with Crippen LogP contribution in [-0.4, -0.2) is 18.4 Å². The van der Waals surface area contributed by atoms with Gasteiger partial charge in [0.1, 0.15) is 0 Å². The van der Waals surface area contributed by atoms with Crippen LogP contribution in [-0.2, 0) is 6.54 Å². The summed E-state index contributed by atoms with van der Waals surface area (Å²) in [5, 5.41) is 17.1. The Morgan fingerprint density at radius 3 is 3.00 bits per heavy atom. The second kappa shape index (κ2) is 5.61. The second-order valence-corrected chi connectivity index (χ2v) is 5.17. The van der Waals surface area contributed by atoms with Crippen molar-refractivity contribution in [1.82, 2.24) is 5.32 Å². The van der Waals surface area contributed by atoms with Crippen LogP contribution in [0.15, 0.2) is 35.0 Å². The first kappa shape index (κ1) is 12.5. The van der Waals surface area contributed by atoms with Gasteiger partial charge in [-0.1, -0.05) is 6.07 Å². The molecule has 0 aliphatic carbocycles. The topological polar surface area (TPSA) is 50.7 Å². The van der Waals surface area contributed by atoms with Crippen LogP contribution in [0.3, 0.4) is 0 Å². The lowest BCUT2D eigenvalue weighted by molar-refractivity contribution is 0.173. The lowest BCUT2D eigenvalue weighted by atomic mass is 10.1. The molecule has 0 spiro atoms. The van der Waals surface area contributed by atoms with Crippen LogP contribution in [0.1, 0.15) is 17.2 Å². The minimum atomic E-state index is -0.458. The molecule has 0 bridgehead atoms. The van der Waals surface area contributed by atoms with Crippen LogP contribution in [0.4, 0.5) is 0 Å². The summed E-state index contributed by atoms with van der Waals surface area (Å²) in [6.45, 7) is 1.52. The molecular weight excluding hydrogens is 262 g/mol. The molecule has 1 aliphatic rings. The maximum absolute atomic E-state index is 9.94. The van der Waals surface area contributed by atoms with Crippen molar-refractivity contribution in [1.29, 1.82) is 0 Å². The molecule has 1 aliphatic heterocycles. The van der Waals surface area contributed by atoms with Crippen LogP contribution in [0, 0.1) is 0 Å². The van der Waals surface area contributed by atoms with Gasteiger partial charge < -0.3 is 19.9 Å². The summed E-state index contributed by atoms with van der Waals surface area (Å²) in [6, 6.07) is 7.82. The van der Waals surface area contributed by atoms with Crippen LogP contribution in [0.2, 0.25) is 0 Å². The Bertz CT molecular complexity index is 542. The molecule has 19 heavy (non-hydrogen) atoms. The lowest BCUT2D eigenvalue weighted by Gasteiger charge is -2.10. The van der Waals surface area contributed by atoms with Crippen LogP contribution >= 0.6 is 11.3 Å². The molecule has 2 N–H and O–H groups in total. The SMILES string of the molecule is OC(CNCc1ccc2c(c1)OCO2)c1ccsc1. The van der Waals surface area contributed by atoms with Gasteiger partial charge in [0.05, 0.1) is 6.10 Å². The van der Waals surface area contributed by atoms with Gasteiger partial charge in [-0.25, -0.2) is 0 Å². The van der Waals surface area contributed by atoms with E-state index in [1.165, 1.54) is 0 Å². The van der Waals surface area contributed by atoms with Gasteiger partial charge in [0, 0.05) is 13.1 Å². The van der Waals surface area contributed by atoms with Crippen molar-refractivity contribution in [2.24, 2.45) is 0 Å². The van der Waals surface area contributed by atoms with Gasteiger partial charge >= 0.3 is 0 Å². The zero-order valence-electron chi connectivity index (χ0n) is 10.3. The zero-order valence-corrected chi connectivity index (χ0v) is 11.2. The molecule has 3 rings (SSSR count). The third kappa shape index (κ3) is 2.89. The first-order valence-corrected chi connectivity index (χ1v) is 7.06. The molecule has 2 aromatic rings. The maximum Gasteiger partial charge on any atom is 0.231 e. The van der Waals surface area contributed by atoms with Crippen LogP contribution in [0.5, 0.6) is 11.5 Å². The Labute approximate surface area is 115 Å². The molecule has 100 valence electrons. The van der Waals surface area contributed by atoms with E-state index in [1.54, 1.807) is 11.3 Å². The molecular formula is C14H15NO3S. The molecule has 5 heteroatoms. The van der Waals surface area contributed by atoms with E-state index in [0.717, 1.165) is 22.6 Å². The van der Waals surface area contributed by atoms with Crippen molar-refractivity contribution in [3.63, 3.8) is 0 Å². The quantitative estimate of drug-likeness (QED) is 0.880. The highest BCUT2D eigenvalue weighted by Crippen LogP contribution is 2.32. The highest BCUT2D eigenvalue weighted by atomic mass is 32.1. The predicted octanol–water partition coefficient (Wildman–Crippen LogP) is 2.30. The Kier molecular flexibility index (Phi) is 3.68. The van der Waals surface area contributed by atoms with Gasteiger partial charge in [0.25, 0.3) is 0 Å². The summed E-state index contributed by atoms with van der Waals surface area (Å²) in [5.41, 5.74) is 2.07. The number of hydrogen-bond donors (Lipinski definition) is 2. The van der Waals surface area contributed by atoms with E-state index in [1.807, 2.05) is 35.0 Å². The first-order chi connectivity index (χ1) is 9.33. The summed E-state index contributed by atoms with van der Waals surface area (Å²) < 4.78 is 10.6. The van der Waals surface area contributed by atoms with E-state index < -0.39 is 6.10 Å². The number of aliphatic hydroxyl groups excluding tert-OH is 1. The van der Waals surface area contributed by atoms with Crippen molar-refractivity contribution in [3.8, 4) is 11.5 Å². The van der Waals surface area contributed by atoms with Crippen molar-refractivity contribution < 1.29 is 14.6 Å². The van der Waals surface area contributed by atoms with Gasteiger partial charge in [0.15, 0.2) is 11.5 Å². The average molecular weight is 277 g/mol. The van der Waals surface area contributed by atoms with E-state index in [9.17, 15) is 5.11 Å². The number of benzene rings is 1. The molecule has 0 saturated heterocycles. The van der Waals surface area contributed by atoms with E-state index in [4.69, 9.17) is 9.47 Å². The summed E-state index contributed by atoms with van der Waals surface area (Å²) in [4.78, 5) is 0. The monoisotopic (exact) mass is 277 g/mol. The molecule has 0 saturated carbocycles. The second-order valence-electron chi connectivity index (χ2n) is 4.39. The van der Waals surface area contributed by atoms with Crippen molar-refractivity contribution >= 4 is 11.3 Å². The fourth-order valence-corrected chi connectivity index (χ4v) is 2.69. The summed E-state index contributed by atoms with van der Waals surface area (Å²) in [6.07, 6.45) is -0.458. The molecule has 0 radical (unpaired) electrons. The summed E-state index contributed by atoms with van der Waals surface area (Å²) in [7, 11) is 0. The third-order valence-electron chi connectivity index (χ3n) is 3.03. The molecule has 2 heterocycles. The molecule has 1 aromatic heterocycles. The Morgan fingerprint density at radius 1 is 1.26 bits per heavy atom. The molecule has 1 atom stereocenters. The fourth-order valence-electron chi connectivity index (χ4n) is 1.99. The van der Waals surface area contributed by atoms with Gasteiger partial charge in [-0.15, -0.1) is 0 Å². The van der Waals surface area contributed by atoms with Crippen LogP contribution in [0.25, 0.3) is 0 Å². The Morgan fingerprint density at radius 2 is 2.16 bits per heavy atom. The van der Waals surface area contributed by atoms with E-state index in [-0.39, 0.29) is 0 Å². The minimum Gasteiger partial charge on any atom is -0.454 e. The van der Waals surface area contributed by atoms with Crippen molar-refractivity contribution in [2.75, 3.05) is 13.3 Å². The number of fused-ring (bicyclic) bond motifs is 1. The summed E-state index contributed by atoms with van der Waals surface area (Å²) in [5.74, 6) is 1.58. The van der Waals surface area contributed by atoms with Gasteiger partial charge in [-0.2, -0.15) is 11.3 Å². The number of hydrogen-bond acceptors (Lipinski definition) is 5. The molecule has 1 unspecified atom stereocenters. The fraction of sp³-hybridized carbons (Fsp3) is 0.286. The zero-order chi connectivity index (χ0) is 13.1. The Hall–Kier alpha value is -1.56. The van der Waals surface area contributed by atoms with E-state index in [0.29, 0.717) is 19.9 Å². The lowest BCUT2D eigenvalue weighted by Crippen LogP contribution is -2.20. The number of ether oxygens (including phenoxy) is 2. The average Bonchev–Trinajstić information content (AvgIpc) is 3.09. The first-order valence-electron chi connectivity index (χ1n) is 6.12. The van der Waals surface area contributed by atoms with E-state index in [2.05, 4.69) is 5.32 Å². The van der Waals surface area contributed by atoms with Gasteiger partial charge in [-0.05, 0) is 40.1 Å². The smallest absolute Gasteiger partial charge is 0.231 e. The standard InChI is InChI=1S/C14H15NO3S/c16-12(11-3-4-19-8-11)7-15-6-10-1-2-13-14(5-10)18-9-17-13/h1-5,8,12,15-16H,6-7,9H2. The number of aliphatic hydroxyl groups is 1. The Balaban J connectivity index is 1.52. The number of rotatable bonds is 5. The summed E-state index contributed by atoms with van der Waals surface area (Å²) >= 11 is 1.59. The molecule has 4 nitrogen and oxygen atoms in total. The highest BCUT2D eigenvalue weighted by Gasteiger charge is 2.13. The molecule has 0 amide bonds. The predicted molar refractivity (Wildman–Crippen MR) is 73.6 cm³/mol. The van der Waals surface area contributed by atoms with E-state index >= 15 is 0 Å². The molecule has 0 fully saturated rings. The highest BCUT2D eigenvalue weighted by molar-refractivity contribution is 7.07. The van der Waals surface area contributed by atoms with Gasteiger partial charge in [0.2, 0.25) is 6.79 Å². The van der Waals surface area contributed by atoms with Crippen molar-refractivity contribution in [2.45, 2.75) is 12.6 Å².